The fourth-order valence-corrected chi connectivity index (χ4v) is 2.15. The molecule has 4 nitrogen and oxygen atoms in total. The van der Waals surface area contributed by atoms with Crippen LogP contribution in [0.1, 0.15) is 6.42 Å². The standard InChI is InChI=1S/C10H16N2O2S2/c1-15-7-3-6-11-9-4-5-10(12-8-9)16(2,13)14/h4-5,8,11H,3,6-7H2,1-2H3. The van der Waals surface area contributed by atoms with Crippen LogP contribution in [0.3, 0.4) is 0 Å². The molecule has 0 bridgehead atoms. The van der Waals surface area contributed by atoms with Gasteiger partial charge in [0.15, 0.2) is 14.9 Å². The maximum atomic E-state index is 11.2. The molecule has 1 heterocycles. The molecule has 0 saturated heterocycles. The molecule has 1 rings (SSSR count). The summed E-state index contributed by atoms with van der Waals surface area (Å²) in [7, 11) is -3.19. The van der Waals surface area contributed by atoms with Crippen molar-refractivity contribution in [2.24, 2.45) is 0 Å². The molecule has 90 valence electrons. The van der Waals surface area contributed by atoms with E-state index in [2.05, 4.69) is 16.6 Å². The summed E-state index contributed by atoms with van der Waals surface area (Å²) in [6, 6.07) is 3.26. The van der Waals surface area contributed by atoms with Crippen molar-refractivity contribution in [2.45, 2.75) is 11.4 Å². The Kier molecular flexibility index (Phi) is 5.08. The van der Waals surface area contributed by atoms with E-state index in [1.807, 2.05) is 11.8 Å². The lowest BCUT2D eigenvalue weighted by atomic mass is 10.4. The molecule has 0 fully saturated rings. The first-order valence-corrected chi connectivity index (χ1v) is 8.21. The van der Waals surface area contributed by atoms with E-state index in [0.29, 0.717) is 0 Å². The summed E-state index contributed by atoms with van der Waals surface area (Å²) < 4.78 is 22.3. The van der Waals surface area contributed by atoms with Crippen LogP contribution < -0.4 is 5.32 Å². The van der Waals surface area contributed by atoms with Gasteiger partial charge in [-0.15, -0.1) is 0 Å². The molecule has 0 saturated carbocycles. The average molecular weight is 260 g/mol. The van der Waals surface area contributed by atoms with E-state index in [-0.39, 0.29) is 5.03 Å². The van der Waals surface area contributed by atoms with Crippen molar-refractivity contribution in [2.75, 3.05) is 30.1 Å². The molecule has 0 aliphatic heterocycles. The number of nitrogens with zero attached hydrogens (tertiary/aromatic N) is 1. The minimum Gasteiger partial charge on any atom is -0.384 e. The lowest BCUT2D eigenvalue weighted by Crippen LogP contribution is -2.04. The van der Waals surface area contributed by atoms with Crippen LogP contribution in [0.4, 0.5) is 5.69 Å². The fraction of sp³-hybridized carbons (Fsp3) is 0.500. The molecule has 0 atom stereocenters. The van der Waals surface area contributed by atoms with E-state index >= 15 is 0 Å². The maximum Gasteiger partial charge on any atom is 0.192 e. The quantitative estimate of drug-likeness (QED) is 0.788. The molecule has 0 aliphatic rings. The van der Waals surface area contributed by atoms with Crippen LogP contribution in [0.15, 0.2) is 23.4 Å². The van der Waals surface area contributed by atoms with Crippen LogP contribution in [0.2, 0.25) is 0 Å². The number of thioether (sulfide) groups is 1. The van der Waals surface area contributed by atoms with Crippen LogP contribution in [0, 0.1) is 0 Å². The Bertz CT molecular complexity index is 415. The van der Waals surface area contributed by atoms with Gasteiger partial charge in [-0.3, -0.25) is 0 Å². The fourth-order valence-electron chi connectivity index (χ4n) is 1.15. The molecular weight excluding hydrogens is 244 g/mol. The van der Waals surface area contributed by atoms with E-state index in [1.54, 1.807) is 12.3 Å². The summed E-state index contributed by atoms with van der Waals surface area (Å²) in [5.41, 5.74) is 0.855. The van der Waals surface area contributed by atoms with Crippen LogP contribution in [0.5, 0.6) is 0 Å². The number of anilines is 1. The summed E-state index contributed by atoms with van der Waals surface area (Å²) in [5.74, 6) is 1.11. The van der Waals surface area contributed by atoms with Gasteiger partial charge in [-0.05, 0) is 30.6 Å². The summed E-state index contributed by atoms with van der Waals surface area (Å²) in [4.78, 5) is 3.89. The SMILES string of the molecule is CSCCCNc1ccc(S(C)(=O)=O)nc1. The van der Waals surface area contributed by atoms with Gasteiger partial charge < -0.3 is 5.32 Å². The van der Waals surface area contributed by atoms with Crippen molar-refractivity contribution >= 4 is 27.3 Å². The van der Waals surface area contributed by atoms with Gasteiger partial charge in [0, 0.05) is 12.8 Å². The molecule has 6 heteroatoms. The second-order valence-electron chi connectivity index (χ2n) is 3.43. The number of pyridine rings is 1. The highest BCUT2D eigenvalue weighted by Gasteiger charge is 2.07. The van der Waals surface area contributed by atoms with Crippen molar-refractivity contribution in [1.29, 1.82) is 0 Å². The van der Waals surface area contributed by atoms with Gasteiger partial charge in [0.25, 0.3) is 0 Å². The Morgan fingerprint density at radius 1 is 1.44 bits per heavy atom. The predicted molar refractivity (Wildman–Crippen MR) is 68.8 cm³/mol. The summed E-state index contributed by atoms with van der Waals surface area (Å²) >= 11 is 1.81. The maximum absolute atomic E-state index is 11.2. The first-order chi connectivity index (χ1) is 7.54. The lowest BCUT2D eigenvalue weighted by molar-refractivity contribution is 0.598. The third kappa shape index (κ3) is 4.40. The van der Waals surface area contributed by atoms with Gasteiger partial charge in [0.1, 0.15) is 0 Å². The van der Waals surface area contributed by atoms with Crippen molar-refractivity contribution in [3.05, 3.63) is 18.3 Å². The predicted octanol–water partition coefficient (Wildman–Crippen LogP) is 1.65. The summed E-state index contributed by atoms with van der Waals surface area (Å²) in [5, 5.41) is 3.30. The number of nitrogens with one attached hydrogen (secondary N) is 1. The van der Waals surface area contributed by atoms with Gasteiger partial charge >= 0.3 is 0 Å². The molecular formula is C10H16N2O2S2. The normalized spacial score (nSPS) is 11.4. The molecule has 0 amide bonds. The smallest absolute Gasteiger partial charge is 0.192 e. The minimum absolute atomic E-state index is 0.113. The second-order valence-corrected chi connectivity index (χ2v) is 6.38. The van der Waals surface area contributed by atoms with Gasteiger partial charge in [0.2, 0.25) is 0 Å². The monoisotopic (exact) mass is 260 g/mol. The average Bonchev–Trinajstić information content (AvgIpc) is 2.24. The van der Waals surface area contributed by atoms with Crippen LogP contribution >= 0.6 is 11.8 Å². The van der Waals surface area contributed by atoms with Gasteiger partial charge in [-0.2, -0.15) is 11.8 Å². The Morgan fingerprint density at radius 3 is 2.69 bits per heavy atom. The second kappa shape index (κ2) is 6.10. The molecule has 0 radical (unpaired) electrons. The third-order valence-electron chi connectivity index (χ3n) is 1.97. The Hall–Kier alpha value is -0.750. The molecule has 0 spiro atoms. The Balaban J connectivity index is 2.52. The summed E-state index contributed by atoms with van der Waals surface area (Å²) in [6.07, 6.45) is 5.85. The van der Waals surface area contributed by atoms with Crippen LogP contribution in [-0.4, -0.2) is 38.2 Å². The molecule has 0 aliphatic carbocycles. The molecule has 1 aromatic heterocycles. The topological polar surface area (TPSA) is 59.1 Å². The minimum atomic E-state index is -3.19. The zero-order chi connectivity index (χ0) is 12.0. The lowest BCUT2D eigenvalue weighted by Gasteiger charge is -2.05. The molecule has 0 aromatic carbocycles. The number of sulfone groups is 1. The van der Waals surface area contributed by atoms with Crippen molar-refractivity contribution in [3.8, 4) is 0 Å². The highest BCUT2D eigenvalue weighted by molar-refractivity contribution is 7.98. The zero-order valence-electron chi connectivity index (χ0n) is 9.43. The summed E-state index contributed by atoms with van der Waals surface area (Å²) in [6.45, 7) is 0.876. The molecule has 1 aromatic rings. The highest BCUT2D eigenvalue weighted by Crippen LogP contribution is 2.10. The van der Waals surface area contributed by atoms with E-state index < -0.39 is 9.84 Å². The van der Waals surface area contributed by atoms with Crippen LogP contribution in [0.25, 0.3) is 0 Å². The number of rotatable bonds is 6. The van der Waals surface area contributed by atoms with E-state index in [0.717, 1.165) is 30.7 Å². The number of aromatic nitrogens is 1. The van der Waals surface area contributed by atoms with E-state index in [9.17, 15) is 8.42 Å². The van der Waals surface area contributed by atoms with Gasteiger partial charge in [0.05, 0.1) is 11.9 Å². The first kappa shape index (κ1) is 13.3. The van der Waals surface area contributed by atoms with Gasteiger partial charge in [-0.1, -0.05) is 0 Å². The van der Waals surface area contributed by atoms with E-state index in [1.165, 1.54) is 6.07 Å². The molecule has 0 unspecified atom stereocenters. The van der Waals surface area contributed by atoms with Crippen molar-refractivity contribution in [3.63, 3.8) is 0 Å². The first-order valence-electron chi connectivity index (χ1n) is 4.93. The number of hydrogen-bond donors (Lipinski definition) is 1. The highest BCUT2D eigenvalue weighted by atomic mass is 32.2. The number of hydrogen-bond acceptors (Lipinski definition) is 5. The Morgan fingerprint density at radius 2 is 2.19 bits per heavy atom. The van der Waals surface area contributed by atoms with Crippen LogP contribution in [-0.2, 0) is 9.84 Å². The van der Waals surface area contributed by atoms with Crippen molar-refractivity contribution < 1.29 is 8.42 Å². The molecule has 1 N–H and O–H groups in total. The Labute approximate surface area is 101 Å². The zero-order valence-corrected chi connectivity index (χ0v) is 11.1. The largest absolute Gasteiger partial charge is 0.384 e. The third-order valence-corrected chi connectivity index (χ3v) is 3.67. The van der Waals surface area contributed by atoms with Gasteiger partial charge in [-0.25, -0.2) is 13.4 Å². The van der Waals surface area contributed by atoms with E-state index in [4.69, 9.17) is 0 Å². The molecule has 16 heavy (non-hydrogen) atoms. The van der Waals surface area contributed by atoms with Crippen molar-refractivity contribution in [1.82, 2.24) is 4.98 Å².